The van der Waals surface area contributed by atoms with Gasteiger partial charge >= 0.3 is 5.97 Å². The molecule has 1 aromatic heterocycles. The highest BCUT2D eigenvalue weighted by atomic mass is 79.9. The number of pyridine rings is 1. The van der Waals surface area contributed by atoms with Gasteiger partial charge in [-0.2, -0.15) is 0 Å². The molecule has 20 heavy (non-hydrogen) atoms. The van der Waals surface area contributed by atoms with Gasteiger partial charge in [0.05, 0.1) is 16.8 Å². The summed E-state index contributed by atoms with van der Waals surface area (Å²) in [7, 11) is 0. The van der Waals surface area contributed by atoms with Crippen LogP contribution in [0.4, 0.5) is 5.69 Å². The highest BCUT2D eigenvalue weighted by molar-refractivity contribution is 9.10. The molecule has 102 valence electrons. The van der Waals surface area contributed by atoms with Crippen LogP contribution in [0.1, 0.15) is 26.4 Å². The van der Waals surface area contributed by atoms with E-state index in [9.17, 15) is 9.59 Å². The Bertz CT molecular complexity index is 669. The Balaban J connectivity index is 2.28. The lowest BCUT2D eigenvalue weighted by Crippen LogP contribution is -2.15. The zero-order chi connectivity index (χ0) is 14.7. The highest BCUT2D eigenvalue weighted by Crippen LogP contribution is 2.21. The molecule has 0 unspecified atom stereocenters. The molecule has 0 radical (unpaired) electrons. The maximum atomic E-state index is 12.0. The molecular weight excluding hydrogens is 324 g/mol. The second-order valence-corrected chi connectivity index (χ2v) is 5.05. The van der Waals surface area contributed by atoms with Crippen LogP contribution < -0.4 is 5.32 Å². The third-order valence-corrected chi connectivity index (χ3v) is 3.13. The zero-order valence-corrected chi connectivity index (χ0v) is 12.1. The number of nitrogens with one attached hydrogen (secondary N) is 1. The Morgan fingerprint density at radius 2 is 2.00 bits per heavy atom. The number of rotatable bonds is 3. The fourth-order valence-electron chi connectivity index (χ4n) is 1.60. The Kier molecular flexibility index (Phi) is 4.14. The molecule has 0 saturated heterocycles. The Hall–Kier alpha value is -2.21. The summed E-state index contributed by atoms with van der Waals surface area (Å²) in [6.07, 6.45) is 1.45. The molecule has 6 heteroatoms. The van der Waals surface area contributed by atoms with Crippen molar-refractivity contribution in [3.8, 4) is 0 Å². The van der Waals surface area contributed by atoms with Crippen molar-refractivity contribution in [1.82, 2.24) is 4.98 Å². The number of nitrogens with zero attached hydrogens (tertiary/aromatic N) is 1. The van der Waals surface area contributed by atoms with Crippen molar-refractivity contribution in [3.05, 3.63) is 57.8 Å². The molecule has 2 rings (SSSR count). The molecule has 0 aliphatic rings. The van der Waals surface area contributed by atoms with Gasteiger partial charge < -0.3 is 10.4 Å². The SMILES string of the molecule is Cc1ccc(C(=O)Nc2ccc(Br)cc2C(=O)O)cn1. The van der Waals surface area contributed by atoms with Crippen LogP contribution in [0.3, 0.4) is 0 Å². The normalized spacial score (nSPS) is 10.1. The predicted molar refractivity (Wildman–Crippen MR) is 78.0 cm³/mol. The molecule has 0 fully saturated rings. The fourth-order valence-corrected chi connectivity index (χ4v) is 1.96. The summed E-state index contributed by atoms with van der Waals surface area (Å²) >= 11 is 3.20. The van der Waals surface area contributed by atoms with Crippen LogP contribution in [-0.4, -0.2) is 22.0 Å². The van der Waals surface area contributed by atoms with Crippen LogP contribution in [0.5, 0.6) is 0 Å². The van der Waals surface area contributed by atoms with E-state index in [1.807, 2.05) is 6.92 Å². The zero-order valence-electron chi connectivity index (χ0n) is 10.6. The average Bonchev–Trinajstić information content (AvgIpc) is 2.41. The summed E-state index contributed by atoms with van der Waals surface area (Å²) in [5.41, 5.74) is 1.44. The fraction of sp³-hybridized carbons (Fsp3) is 0.0714. The number of carbonyl (C=O) groups is 2. The molecule has 0 atom stereocenters. The van der Waals surface area contributed by atoms with Gasteiger partial charge in [0, 0.05) is 16.4 Å². The predicted octanol–water partition coefficient (Wildman–Crippen LogP) is 3.10. The van der Waals surface area contributed by atoms with Gasteiger partial charge in [-0.3, -0.25) is 9.78 Å². The van der Waals surface area contributed by atoms with Crippen LogP contribution in [0, 0.1) is 6.92 Å². The first-order chi connectivity index (χ1) is 9.47. The van der Waals surface area contributed by atoms with Crippen molar-refractivity contribution in [3.63, 3.8) is 0 Å². The van der Waals surface area contributed by atoms with Gasteiger partial charge in [-0.1, -0.05) is 15.9 Å². The van der Waals surface area contributed by atoms with Gasteiger partial charge in [0.15, 0.2) is 0 Å². The lowest BCUT2D eigenvalue weighted by Gasteiger charge is -2.09. The minimum absolute atomic E-state index is 0.0211. The monoisotopic (exact) mass is 334 g/mol. The van der Waals surface area contributed by atoms with Gasteiger partial charge in [-0.25, -0.2) is 4.79 Å². The van der Waals surface area contributed by atoms with Gasteiger partial charge in [0.2, 0.25) is 0 Å². The topological polar surface area (TPSA) is 79.3 Å². The van der Waals surface area contributed by atoms with Crippen molar-refractivity contribution >= 4 is 33.5 Å². The first-order valence-corrected chi connectivity index (χ1v) is 6.53. The van der Waals surface area contributed by atoms with E-state index < -0.39 is 11.9 Å². The highest BCUT2D eigenvalue weighted by Gasteiger charge is 2.14. The molecular formula is C14H11BrN2O3. The van der Waals surface area contributed by atoms with Crippen molar-refractivity contribution in [2.75, 3.05) is 5.32 Å². The molecule has 1 heterocycles. The molecule has 0 spiro atoms. The number of carboxylic acids is 1. The molecule has 5 nitrogen and oxygen atoms in total. The minimum Gasteiger partial charge on any atom is -0.478 e. The van der Waals surface area contributed by atoms with Gasteiger partial charge in [0.25, 0.3) is 5.91 Å². The number of aromatic nitrogens is 1. The first kappa shape index (κ1) is 14.2. The Labute approximate surface area is 123 Å². The van der Waals surface area contributed by atoms with E-state index in [0.29, 0.717) is 10.0 Å². The second-order valence-electron chi connectivity index (χ2n) is 4.14. The van der Waals surface area contributed by atoms with Crippen molar-refractivity contribution < 1.29 is 14.7 Å². The van der Waals surface area contributed by atoms with E-state index in [0.717, 1.165) is 5.69 Å². The molecule has 1 amide bonds. The van der Waals surface area contributed by atoms with Gasteiger partial charge in [-0.15, -0.1) is 0 Å². The molecule has 0 bridgehead atoms. The van der Waals surface area contributed by atoms with Crippen LogP contribution >= 0.6 is 15.9 Å². The minimum atomic E-state index is -1.11. The molecule has 0 aliphatic heterocycles. The molecule has 2 aromatic rings. The molecule has 0 saturated carbocycles. The molecule has 0 aliphatic carbocycles. The second kappa shape index (κ2) is 5.83. The summed E-state index contributed by atoms with van der Waals surface area (Å²) in [5.74, 6) is -1.51. The first-order valence-electron chi connectivity index (χ1n) is 5.74. The third-order valence-electron chi connectivity index (χ3n) is 2.63. The van der Waals surface area contributed by atoms with E-state index in [1.54, 1.807) is 18.2 Å². The Morgan fingerprint density at radius 1 is 1.25 bits per heavy atom. The van der Waals surface area contributed by atoms with Gasteiger partial charge in [-0.05, 0) is 37.3 Å². The quantitative estimate of drug-likeness (QED) is 0.903. The van der Waals surface area contributed by atoms with E-state index >= 15 is 0 Å². The molecule has 2 N–H and O–H groups in total. The number of amides is 1. The summed E-state index contributed by atoms with van der Waals surface area (Å²) in [6.45, 7) is 1.82. The summed E-state index contributed by atoms with van der Waals surface area (Å²) < 4.78 is 0.630. The van der Waals surface area contributed by atoms with E-state index in [-0.39, 0.29) is 11.3 Å². The number of halogens is 1. The summed E-state index contributed by atoms with van der Waals surface area (Å²) in [6, 6.07) is 7.99. The summed E-state index contributed by atoms with van der Waals surface area (Å²) in [4.78, 5) is 27.2. The van der Waals surface area contributed by atoms with E-state index in [1.165, 1.54) is 18.3 Å². The number of aryl methyl sites for hydroxylation is 1. The lowest BCUT2D eigenvalue weighted by molar-refractivity contribution is 0.0698. The number of benzene rings is 1. The number of hydrogen-bond acceptors (Lipinski definition) is 3. The van der Waals surface area contributed by atoms with Crippen LogP contribution in [0.2, 0.25) is 0 Å². The maximum Gasteiger partial charge on any atom is 0.337 e. The number of carboxylic acid groups (broad SMARTS) is 1. The number of carbonyl (C=O) groups excluding carboxylic acids is 1. The average molecular weight is 335 g/mol. The van der Waals surface area contributed by atoms with E-state index in [4.69, 9.17) is 5.11 Å². The van der Waals surface area contributed by atoms with Crippen LogP contribution in [-0.2, 0) is 0 Å². The maximum absolute atomic E-state index is 12.0. The van der Waals surface area contributed by atoms with Crippen LogP contribution in [0.15, 0.2) is 41.0 Å². The van der Waals surface area contributed by atoms with Crippen LogP contribution in [0.25, 0.3) is 0 Å². The van der Waals surface area contributed by atoms with Crippen molar-refractivity contribution in [1.29, 1.82) is 0 Å². The van der Waals surface area contributed by atoms with Crippen molar-refractivity contribution in [2.24, 2.45) is 0 Å². The van der Waals surface area contributed by atoms with Crippen molar-refractivity contribution in [2.45, 2.75) is 6.92 Å². The smallest absolute Gasteiger partial charge is 0.337 e. The summed E-state index contributed by atoms with van der Waals surface area (Å²) in [5, 5.41) is 11.7. The number of hydrogen-bond donors (Lipinski definition) is 2. The van der Waals surface area contributed by atoms with E-state index in [2.05, 4.69) is 26.2 Å². The Morgan fingerprint density at radius 3 is 2.60 bits per heavy atom. The number of anilines is 1. The standard InChI is InChI=1S/C14H11BrN2O3/c1-8-2-3-9(7-16-8)13(18)17-12-5-4-10(15)6-11(12)14(19)20/h2-7H,1H3,(H,17,18)(H,19,20). The number of aromatic carboxylic acids is 1. The lowest BCUT2D eigenvalue weighted by atomic mass is 10.1. The largest absolute Gasteiger partial charge is 0.478 e. The van der Waals surface area contributed by atoms with Gasteiger partial charge in [0.1, 0.15) is 0 Å². The third kappa shape index (κ3) is 3.21. The molecule has 1 aromatic carbocycles.